The summed E-state index contributed by atoms with van der Waals surface area (Å²) in [7, 11) is 0. The Kier molecular flexibility index (Phi) is 8.79. The molecule has 0 aliphatic rings. The number of nitrogens with zero attached hydrogens (tertiary/aromatic N) is 2. The van der Waals surface area contributed by atoms with Gasteiger partial charge in [-0.3, -0.25) is 9.97 Å². The normalized spacial score (nSPS) is 12.7. The molecule has 6 aromatic carbocycles. The minimum atomic E-state index is 0.170. The highest BCUT2D eigenvalue weighted by atomic mass is 16.5. The molecule has 0 N–H and O–H groups in total. The lowest BCUT2D eigenvalue weighted by Crippen LogP contribution is -2.08. The Balaban J connectivity index is 1.06. The molecule has 0 fully saturated rings. The van der Waals surface area contributed by atoms with E-state index in [9.17, 15) is 2.74 Å². The summed E-state index contributed by atoms with van der Waals surface area (Å²) in [5.74, 6) is 2.32. The van der Waals surface area contributed by atoms with Crippen LogP contribution >= 0.6 is 0 Å². The molecule has 61 heavy (non-hydrogen) atoms. The average Bonchev–Trinajstić information content (AvgIpc) is 3.79. The maximum atomic E-state index is 9.18. The first-order chi connectivity index (χ1) is 30.3. The molecular formula is C56H48N2O3. The number of furan rings is 2. The van der Waals surface area contributed by atoms with Crippen molar-refractivity contribution in [3.8, 4) is 56.7 Å². The molecule has 10 rings (SSSR count). The van der Waals surface area contributed by atoms with Gasteiger partial charge in [-0.05, 0) is 94.1 Å². The lowest BCUT2D eigenvalue weighted by atomic mass is 9.88. The van der Waals surface area contributed by atoms with Gasteiger partial charge in [0.25, 0.3) is 0 Å². The fourth-order valence-corrected chi connectivity index (χ4v) is 8.36. The molecular weight excluding hydrogens is 749 g/mol. The van der Waals surface area contributed by atoms with Gasteiger partial charge in [-0.1, -0.05) is 139 Å². The molecule has 300 valence electrons. The van der Waals surface area contributed by atoms with Crippen LogP contribution in [0, 0.1) is 10.8 Å². The van der Waals surface area contributed by atoms with Gasteiger partial charge < -0.3 is 13.6 Å². The second-order valence-electron chi connectivity index (χ2n) is 18.5. The topological polar surface area (TPSA) is 61.3 Å². The third-order valence-corrected chi connectivity index (χ3v) is 11.0. The van der Waals surface area contributed by atoms with Crippen molar-refractivity contribution in [2.75, 3.05) is 0 Å². The fourth-order valence-electron chi connectivity index (χ4n) is 8.36. The predicted octanol–water partition coefficient (Wildman–Crippen LogP) is 15.9. The van der Waals surface area contributed by atoms with Gasteiger partial charge in [0.1, 0.15) is 34.4 Å². The van der Waals surface area contributed by atoms with Crippen LogP contribution < -0.4 is 4.74 Å². The quantitative estimate of drug-likeness (QED) is 0.153. The zero-order valence-electron chi connectivity index (χ0n) is 37.4. The van der Waals surface area contributed by atoms with Gasteiger partial charge in [0.05, 0.1) is 2.74 Å². The van der Waals surface area contributed by atoms with Crippen molar-refractivity contribution in [2.24, 2.45) is 10.8 Å². The van der Waals surface area contributed by atoms with E-state index in [4.69, 9.17) is 23.5 Å². The standard InChI is InChI=1S/C56H48N2O3/c1-55(2,3)33-35-15-19-37(20-16-35)47-29-41-23-25-57-51(53(41)60-47)43-27-39-11-7-9-13-45(39)49(31-43)59-50-32-44(28-40-12-8-10-14-46(40)50)52-54-42(24-26-58-52)30-48(61-54)38-21-17-36(18-22-38)34-56(4,5)6/h7-32H,33-34H2,1-6H3/i29D,30D. The first kappa shape index (κ1) is 35.9. The molecule has 0 aliphatic carbocycles. The third-order valence-electron chi connectivity index (χ3n) is 11.0. The van der Waals surface area contributed by atoms with E-state index in [-0.39, 0.29) is 10.8 Å². The predicted molar refractivity (Wildman–Crippen MR) is 251 cm³/mol. The molecule has 0 atom stereocenters. The molecule has 0 spiro atoms. The van der Waals surface area contributed by atoms with Crippen molar-refractivity contribution in [3.63, 3.8) is 0 Å². The van der Waals surface area contributed by atoms with Crippen LogP contribution in [-0.2, 0) is 12.8 Å². The van der Waals surface area contributed by atoms with Gasteiger partial charge in [-0.15, -0.1) is 0 Å². The number of pyridine rings is 2. The summed E-state index contributed by atoms with van der Waals surface area (Å²) in [5.41, 5.74) is 8.52. The highest BCUT2D eigenvalue weighted by Gasteiger charge is 2.20. The minimum absolute atomic E-state index is 0.170. The average molecular weight is 799 g/mol. The molecule has 10 aromatic rings. The number of hydrogen-bond acceptors (Lipinski definition) is 5. The van der Waals surface area contributed by atoms with Crippen molar-refractivity contribution >= 4 is 43.5 Å². The lowest BCUT2D eigenvalue weighted by Gasteiger charge is -2.18. The molecule has 5 nitrogen and oxygen atoms in total. The summed E-state index contributed by atoms with van der Waals surface area (Å²) in [6.07, 6.45) is 5.40. The van der Waals surface area contributed by atoms with Crippen molar-refractivity contribution in [3.05, 3.63) is 169 Å². The Hall–Kier alpha value is -6.98. The highest BCUT2D eigenvalue weighted by Crippen LogP contribution is 2.43. The Morgan fingerprint density at radius 2 is 0.885 bits per heavy atom. The second kappa shape index (κ2) is 14.9. The smallest absolute Gasteiger partial charge is 0.161 e. The molecule has 0 bridgehead atoms. The highest BCUT2D eigenvalue weighted by molar-refractivity contribution is 6.00. The maximum absolute atomic E-state index is 9.18. The molecule has 4 aromatic heterocycles. The summed E-state index contributed by atoms with van der Waals surface area (Å²) in [6, 6.07) is 45.6. The number of fused-ring (bicyclic) bond motifs is 4. The first-order valence-electron chi connectivity index (χ1n) is 22.0. The SMILES string of the molecule is [2H]c1c(-c2ccc(CC(C)(C)C)cc2)oc2c(-c3cc(Oc4cc(-c5nccc6c([2H])c(-c7ccc(CC(C)(C)C)cc7)oc56)cc5ccccc45)c4ccccc4c3)nccc12. The number of aromatic nitrogens is 2. The first-order valence-corrected chi connectivity index (χ1v) is 21.0. The van der Waals surface area contributed by atoms with Crippen LogP contribution in [-0.4, -0.2) is 9.97 Å². The van der Waals surface area contributed by atoms with Crippen LogP contribution in [0.1, 0.15) is 55.4 Å². The van der Waals surface area contributed by atoms with Crippen LogP contribution in [0.25, 0.3) is 88.6 Å². The van der Waals surface area contributed by atoms with E-state index in [2.05, 4.69) is 102 Å². The van der Waals surface area contributed by atoms with Crippen LogP contribution in [0.15, 0.2) is 167 Å². The molecule has 4 heterocycles. The zero-order valence-corrected chi connectivity index (χ0v) is 35.4. The van der Waals surface area contributed by atoms with Gasteiger partial charge in [0.15, 0.2) is 11.2 Å². The van der Waals surface area contributed by atoms with Crippen molar-refractivity contribution < 1.29 is 16.3 Å². The Bertz CT molecular complexity index is 3120. The van der Waals surface area contributed by atoms with Crippen LogP contribution in [0.5, 0.6) is 11.5 Å². The van der Waals surface area contributed by atoms with E-state index in [0.29, 0.717) is 68.4 Å². The summed E-state index contributed by atoms with van der Waals surface area (Å²) in [5, 5.41) is 5.20. The number of benzene rings is 6. The Labute approximate surface area is 359 Å². The molecule has 0 unspecified atom stereocenters. The van der Waals surface area contributed by atoms with E-state index in [1.54, 1.807) is 12.4 Å². The van der Waals surface area contributed by atoms with Gasteiger partial charge in [0, 0.05) is 56.2 Å². The molecule has 0 saturated heterocycles. The summed E-state index contributed by atoms with van der Waals surface area (Å²) in [4.78, 5) is 9.70. The minimum Gasteiger partial charge on any atom is -0.456 e. The van der Waals surface area contributed by atoms with Gasteiger partial charge in [-0.25, -0.2) is 0 Å². The van der Waals surface area contributed by atoms with Crippen LogP contribution in [0.4, 0.5) is 0 Å². The Morgan fingerprint density at radius 1 is 0.475 bits per heavy atom. The van der Waals surface area contributed by atoms with E-state index >= 15 is 0 Å². The maximum Gasteiger partial charge on any atom is 0.161 e. The van der Waals surface area contributed by atoms with E-state index in [0.717, 1.165) is 56.6 Å². The summed E-state index contributed by atoms with van der Waals surface area (Å²) < 4.78 is 38.6. The van der Waals surface area contributed by atoms with E-state index in [1.807, 2.05) is 72.8 Å². The fraction of sp³-hybridized carbons (Fsp3) is 0.179. The molecule has 0 radical (unpaired) electrons. The largest absolute Gasteiger partial charge is 0.456 e. The van der Waals surface area contributed by atoms with Gasteiger partial charge in [-0.2, -0.15) is 0 Å². The lowest BCUT2D eigenvalue weighted by molar-refractivity contribution is 0.411. The van der Waals surface area contributed by atoms with Gasteiger partial charge in [0.2, 0.25) is 0 Å². The Morgan fingerprint density at radius 3 is 1.30 bits per heavy atom. The van der Waals surface area contributed by atoms with Crippen molar-refractivity contribution in [2.45, 2.75) is 54.4 Å². The molecule has 0 amide bonds. The monoisotopic (exact) mass is 798 g/mol. The van der Waals surface area contributed by atoms with E-state index in [1.165, 1.54) is 11.1 Å². The second-order valence-corrected chi connectivity index (χ2v) is 18.5. The zero-order chi connectivity index (χ0) is 43.6. The molecule has 0 aliphatic heterocycles. The number of ether oxygens (including phenoxy) is 1. The molecule has 5 heteroatoms. The van der Waals surface area contributed by atoms with Crippen molar-refractivity contribution in [1.82, 2.24) is 9.97 Å². The molecule has 0 saturated carbocycles. The van der Waals surface area contributed by atoms with Crippen molar-refractivity contribution in [1.29, 1.82) is 0 Å². The third kappa shape index (κ3) is 7.80. The van der Waals surface area contributed by atoms with Crippen LogP contribution in [0.2, 0.25) is 0 Å². The van der Waals surface area contributed by atoms with E-state index < -0.39 is 0 Å². The van der Waals surface area contributed by atoms with Crippen LogP contribution in [0.3, 0.4) is 0 Å². The summed E-state index contributed by atoms with van der Waals surface area (Å²) >= 11 is 0. The van der Waals surface area contributed by atoms with Gasteiger partial charge >= 0.3 is 0 Å². The number of hydrogen-bond donors (Lipinski definition) is 0. The summed E-state index contributed by atoms with van der Waals surface area (Å²) in [6.45, 7) is 13.4. The number of rotatable bonds is 8.